The molecule has 2 saturated heterocycles. The number of carbonyl (C=O) groups is 1. The number of epoxide rings is 2. The van der Waals surface area contributed by atoms with E-state index < -0.39 is 17.8 Å². The fraction of sp³-hybridized carbons (Fsp3) is 0.577. The minimum atomic E-state index is -0.822. The second kappa shape index (κ2) is 8.15. The Kier molecular flexibility index (Phi) is 5.54. The summed E-state index contributed by atoms with van der Waals surface area (Å²) < 4.78 is 17.7. The second-order valence-corrected chi connectivity index (χ2v) is 10.2. The van der Waals surface area contributed by atoms with Crippen LogP contribution in [0.25, 0.3) is 10.9 Å². The van der Waals surface area contributed by atoms with Gasteiger partial charge in [0.15, 0.2) is 0 Å². The van der Waals surface area contributed by atoms with E-state index in [1.54, 1.807) is 12.1 Å². The molecule has 7 heteroatoms. The van der Waals surface area contributed by atoms with Crippen molar-refractivity contribution in [1.29, 1.82) is 0 Å². The van der Waals surface area contributed by atoms with E-state index in [1.165, 1.54) is 5.57 Å². The average Bonchev–Trinajstić information content (AvgIpc) is 3.63. The smallest absolute Gasteiger partial charge is 0.306 e. The number of aliphatic hydroxyl groups is 1. The summed E-state index contributed by atoms with van der Waals surface area (Å²) in [5, 5.41) is 21.9. The number of hydrogen-bond acceptors (Lipinski definition) is 6. The van der Waals surface area contributed by atoms with E-state index in [1.807, 2.05) is 19.2 Å². The molecule has 6 atom stereocenters. The number of aromatic hydroxyl groups is 1. The maximum atomic E-state index is 12.7. The number of hydrogen-bond donors (Lipinski definition) is 3. The number of ether oxygens (including phenoxy) is 3. The molecular weight excluding hydrogens is 422 g/mol. The Labute approximate surface area is 193 Å². The summed E-state index contributed by atoms with van der Waals surface area (Å²) in [6.07, 6.45) is 5.52. The zero-order valence-corrected chi connectivity index (χ0v) is 19.5. The lowest BCUT2D eigenvalue weighted by atomic mass is 9.68. The molecule has 2 aliphatic heterocycles. The lowest BCUT2D eigenvalue weighted by molar-refractivity contribution is -0.167. The number of phenolic OH excluding ortho intramolecular Hbond substituents is 1. The van der Waals surface area contributed by atoms with Crippen LogP contribution in [0.5, 0.6) is 5.75 Å². The number of rotatable bonds is 7. The average molecular weight is 456 g/mol. The van der Waals surface area contributed by atoms with Crippen LogP contribution in [0.2, 0.25) is 0 Å². The predicted molar refractivity (Wildman–Crippen MR) is 123 cm³/mol. The molecule has 178 valence electrons. The van der Waals surface area contributed by atoms with Gasteiger partial charge in [-0.3, -0.25) is 4.79 Å². The highest BCUT2D eigenvalue weighted by Crippen LogP contribution is 2.59. The molecule has 1 saturated carbocycles. The Balaban J connectivity index is 1.22. The highest BCUT2D eigenvalue weighted by molar-refractivity contribution is 5.85. The van der Waals surface area contributed by atoms with Crippen LogP contribution in [0.1, 0.15) is 52.0 Å². The minimum absolute atomic E-state index is 0.0425. The highest BCUT2D eigenvalue weighted by atomic mass is 16.6. The van der Waals surface area contributed by atoms with Gasteiger partial charge in [-0.25, -0.2) is 0 Å². The Hall–Kier alpha value is -2.35. The first kappa shape index (κ1) is 22.4. The van der Waals surface area contributed by atoms with Crippen LogP contribution in [-0.4, -0.2) is 57.3 Å². The van der Waals surface area contributed by atoms with Crippen molar-refractivity contribution in [2.24, 2.45) is 5.92 Å². The summed E-state index contributed by atoms with van der Waals surface area (Å²) in [6, 6.07) is 5.13. The van der Waals surface area contributed by atoms with E-state index in [2.05, 4.69) is 24.9 Å². The largest absolute Gasteiger partial charge is 0.508 e. The van der Waals surface area contributed by atoms with Gasteiger partial charge in [0.05, 0.1) is 24.7 Å². The van der Waals surface area contributed by atoms with Gasteiger partial charge in [0.2, 0.25) is 0 Å². The lowest BCUT2D eigenvalue weighted by Crippen LogP contribution is -2.54. The highest BCUT2D eigenvalue weighted by Gasteiger charge is 2.71. The molecule has 1 aromatic heterocycles. The maximum Gasteiger partial charge on any atom is 0.306 e. The zero-order valence-electron chi connectivity index (χ0n) is 19.5. The van der Waals surface area contributed by atoms with Gasteiger partial charge in [-0.2, -0.15) is 0 Å². The molecule has 2 aromatic rings. The van der Waals surface area contributed by atoms with E-state index in [0.717, 1.165) is 29.3 Å². The monoisotopic (exact) mass is 455 g/mol. The normalized spacial score (nSPS) is 34.9. The molecule has 0 amide bonds. The van der Waals surface area contributed by atoms with Gasteiger partial charge in [-0.15, -0.1) is 0 Å². The van der Waals surface area contributed by atoms with Crippen molar-refractivity contribution in [1.82, 2.24) is 4.98 Å². The van der Waals surface area contributed by atoms with E-state index in [0.29, 0.717) is 19.4 Å². The first-order valence-corrected chi connectivity index (χ1v) is 11.8. The van der Waals surface area contributed by atoms with Crippen molar-refractivity contribution in [3.63, 3.8) is 0 Å². The number of fused-ring (bicyclic) bond motifs is 1. The van der Waals surface area contributed by atoms with E-state index in [-0.39, 0.29) is 35.8 Å². The molecule has 3 N–H and O–H groups in total. The van der Waals surface area contributed by atoms with Crippen molar-refractivity contribution in [2.75, 3.05) is 6.61 Å². The van der Waals surface area contributed by atoms with Crippen LogP contribution in [-0.2, 0) is 25.4 Å². The molecule has 3 heterocycles. The lowest BCUT2D eigenvalue weighted by Gasteiger charge is -2.40. The van der Waals surface area contributed by atoms with Gasteiger partial charge in [-0.1, -0.05) is 11.6 Å². The van der Waals surface area contributed by atoms with Gasteiger partial charge in [0.25, 0.3) is 0 Å². The molecule has 0 bridgehead atoms. The second-order valence-electron chi connectivity index (χ2n) is 10.2. The third-order valence-corrected chi connectivity index (χ3v) is 7.62. The van der Waals surface area contributed by atoms with Crippen molar-refractivity contribution < 1.29 is 29.2 Å². The number of aromatic nitrogens is 1. The van der Waals surface area contributed by atoms with Gasteiger partial charge in [0.1, 0.15) is 23.1 Å². The molecule has 1 aromatic carbocycles. The maximum absolute atomic E-state index is 12.7. The van der Waals surface area contributed by atoms with Gasteiger partial charge in [0, 0.05) is 23.5 Å². The van der Waals surface area contributed by atoms with E-state index in [4.69, 9.17) is 14.2 Å². The number of benzene rings is 1. The SMILES string of the molecule is CC(C)=CC[C@H]1OC1(C)[C@H]1[C@H](O)[C@H](OC(=O)CCc2c[nH]c3ccc(O)cc23)CC[C@]12CO2. The third kappa shape index (κ3) is 4.18. The van der Waals surface area contributed by atoms with Crippen molar-refractivity contribution in [2.45, 2.75) is 82.4 Å². The molecule has 1 unspecified atom stereocenters. The topological polar surface area (TPSA) is 108 Å². The summed E-state index contributed by atoms with van der Waals surface area (Å²) in [6.45, 7) is 6.80. The fourth-order valence-electron chi connectivity index (χ4n) is 5.65. The van der Waals surface area contributed by atoms with Crippen LogP contribution in [0, 0.1) is 5.92 Å². The molecule has 1 aliphatic carbocycles. The quantitative estimate of drug-likeness (QED) is 0.333. The van der Waals surface area contributed by atoms with E-state index >= 15 is 0 Å². The molecule has 7 nitrogen and oxygen atoms in total. The van der Waals surface area contributed by atoms with Crippen LogP contribution in [0.4, 0.5) is 0 Å². The Bertz CT molecular complexity index is 1080. The Morgan fingerprint density at radius 1 is 1.36 bits per heavy atom. The first-order chi connectivity index (χ1) is 15.7. The number of aromatic amines is 1. The number of carbonyl (C=O) groups excluding carboxylic acids is 1. The number of allylic oxidation sites excluding steroid dienone is 1. The van der Waals surface area contributed by atoms with Gasteiger partial charge < -0.3 is 29.4 Å². The Morgan fingerprint density at radius 2 is 2.15 bits per heavy atom. The number of phenols is 1. The van der Waals surface area contributed by atoms with Crippen LogP contribution in [0.15, 0.2) is 36.0 Å². The number of aliphatic hydroxyl groups excluding tert-OH is 1. The molecule has 5 rings (SSSR count). The molecule has 0 radical (unpaired) electrons. The summed E-state index contributed by atoms with van der Waals surface area (Å²) in [5.74, 6) is -0.358. The van der Waals surface area contributed by atoms with Crippen LogP contribution in [0.3, 0.4) is 0 Å². The zero-order chi connectivity index (χ0) is 23.4. The van der Waals surface area contributed by atoms with Crippen molar-refractivity contribution in [3.8, 4) is 5.75 Å². The van der Waals surface area contributed by atoms with E-state index in [9.17, 15) is 15.0 Å². The molecule has 33 heavy (non-hydrogen) atoms. The summed E-state index contributed by atoms with van der Waals surface area (Å²) >= 11 is 0. The summed E-state index contributed by atoms with van der Waals surface area (Å²) in [4.78, 5) is 15.8. The Morgan fingerprint density at radius 3 is 2.88 bits per heavy atom. The number of nitrogens with one attached hydrogen (secondary N) is 1. The number of H-pyrrole nitrogens is 1. The summed E-state index contributed by atoms with van der Waals surface area (Å²) in [5.41, 5.74) is 2.27. The first-order valence-electron chi connectivity index (χ1n) is 11.8. The van der Waals surface area contributed by atoms with Crippen LogP contribution >= 0.6 is 0 Å². The molecule has 1 spiro atoms. The predicted octanol–water partition coefficient (Wildman–Crippen LogP) is 3.77. The number of aryl methyl sites for hydroxylation is 1. The minimum Gasteiger partial charge on any atom is -0.508 e. The number of esters is 1. The summed E-state index contributed by atoms with van der Waals surface area (Å²) in [7, 11) is 0. The standard InChI is InChI=1S/C26H33NO6/c1-15(2)4-8-21-25(3,33-21)24-23(30)20(10-11-26(24)14-31-26)32-22(29)9-5-16-13-27-19-7-6-17(28)12-18(16)19/h4,6-7,12-13,20-21,23-24,27-28,30H,5,8-11,14H2,1-3H3/t20-,21-,23-,24-,25?,26+/m1/s1. The van der Waals surface area contributed by atoms with Crippen molar-refractivity contribution in [3.05, 3.63) is 41.6 Å². The fourth-order valence-corrected chi connectivity index (χ4v) is 5.65. The van der Waals surface area contributed by atoms with Crippen molar-refractivity contribution >= 4 is 16.9 Å². The van der Waals surface area contributed by atoms with Crippen LogP contribution < -0.4 is 0 Å². The third-order valence-electron chi connectivity index (χ3n) is 7.62. The molecule has 3 aliphatic rings. The molecule has 3 fully saturated rings. The van der Waals surface area contributed by atoms with Gasteiger partial charge in [-0.05, 0) is 70.2 Å². The van der Waals surface area contributed by atoms with Gasteiger partial charge >= 0.3 is 5.97 Å². The molecular formula is C26H33NO6.